The molecule has 1 aliphatic heterocycles. The largest absolute Gasteiger partial charge is 0.338 e. The van der Waals surface area contributed by atoms with Crippen molar-refractivity contribution < 1.29 is 17.6 Å². The topological polar surface area (TPSA) is 54.5 Å². The van der Waals surface area contributed by atoms with Crippen LogP contribution in [0, 0.1) is 11.7 Å². The minimum atomic E-state index is -4.28. The van der Waals surface area contributed by atoms with Gasteiger partial charge in [0.05, 0.1) is 10.6 Å². The summed E-state index contributed by atoms with van der Waals surface area (Å²) in [6, 6.07) is 1.71. The number of carbonyl (C=O) groups excluding carboxylic acids is 1. The van der Waals surface area contributed by atoms with Gasteiger partial charge in [-0.3, -0.25) is 4.79 Å². The first-order valence-electron chi connectivity index (χ1n) is 6.47. The van der Waals surface area contributed by atoms with Crippen LogP contribution in [0.5, 0.6) is 0 Å². The Morgan fingerprint density at radius 2 is 2.14 bits per heavy atom. The van der Waals surface area contributed by atoms with Crippen molar-refractivity contribution in [3.63, 3.8) is 0 Å². The van der Waals surface area contributed by atoms with Crippen molar-refractivity contribution in [1.29, 1.82) is 0 Å². The highest BCUT2D eigenvalue weighted by Gasteiger charge is 2.29. The Morgan fingerprint density at radius 1 is 1.48 bits per heavy atom. The van der Waals surface area contributed by atoms with Crippen molar-refractivity contribution in [1.82, 2.24) is 4.90 Å². The molecule has 2 rings (SSSR count). The van der Waals surface area contributed by atoms with E-state index in [1.165, 1.54) is 0 Å². The maximum Gasteiger partial charge on any atom is 0.264 e. The van der Waals surface area contributed by atoms with Crippen molar-refractivity contribution in [2.75, 3.05) is 13.1 Å². The quantitative estimate of drug-likeness (QED) is 0.783. The molecule has 0 radical (unpaired) electrons. The number of nitrogens with zero attached hydrogens (tertiary/aromatic N) is 1. The van der Waals surface area contributed by atoms with Gasteiger partial charge in [-0.1, -0.05) is 24.9 Å². The van der Waals surface area contributed by atoms with E-state index < -0.39 is 25.7 Å². The van der Waals surface area contributed by atoms with E-state index in [0.717, 1.165) is 25.0 Å². The van der Waals surface area contributed by atoms with Gasteiger partial charge in [-0.2, -0.15) is 0 Å². The summed E-state index contributed by atoms with van der Waals surface area (Å²) in [5.74, 6) is -1.05. The maximum atomic E-state index is 13.6. The molecule has 0 aromatic heterocycles. The zero-order chi connectivity index (χ0) is 15.8. The lowest BCUT2D eigenvalue weighted by Crippen LogP contribution is -2.29. The Labute approximate surface area is 132 Å². The second-order valence-electron chi connectivity index (χ2n) is 5.01. The number of likely N-dealkylation sites (tertiary alicyclic amines) is 1. The zero-order valence-corrected chi connectivity index (χ0v) is 13.6. The van der Waals surface area contributed by atoms with E-state index in [9.17, 15) is 17.6 Å². The summed E-state index contributed by atoms with van der Waals surface area (Å²) >= 11 is 5.87. The van der Waals surface area contributed by atoms with E-state index in [4.69, 9.17) is 22.3 Å². The number of rotatable bonds is 3. The van der Waals surface area contributed by atoms with Crippen molar-refractivity contribution in [2.45, 2.75) is 24.7 Å². The van der Waals surface area contributed by atoms with E-state index in [2.05, 4.69) is 0 Å². The maximum absolute atomic E-state index is 13.6. The van der Waals surface area contributed by atoms with Gasteiger partial charge < -0.3 is 4.90 Å². The molecular weight excluding hydrogens is 340 g/mol. The number of benzene rings is 1. The summed E-state index contributed by atoms with van der Waals surface area (Å²) in [7, 11) is 0.885. The van der Waals surface area contributed by atoms with Crippen LogP contribution < -0.4 is 0 Å². The minimum Gasteiger partial charge on any atom is -0.338 e. The van der Waals surface area contributed by atoms with Crippen molar-refractivity contribution >= 4 is 37.2 Å². The fourth-order valence-electron chi connectivity index (χ4n) is 2.40. The summed E-state index contributed by atoms with van der Waals surface area (Å²) in [6.45, 7) is 3.21. The molecule has 1 unspecified atom stereocenters. The predicted molar refractivity (Wildman–Crippen MR) is 78.8 cm³/mol. The first-order chi connectivity index (χ1) is 9.74. The third-order valence-corrected chi connectivity index (χ3v) is 5.31. The van der Waals surface area contributed by atoms with Crippen LogP contribution in [0.4, 0.5) is 4.39 Å². The molecule has 0 aliphatic carbocycles. The molecule has 1 aromatic rings. The van der Waals surface area contributed by atoms with Crippen LogP contribution in [0.25, 0.3) is 0 Å². The first kappa shape index (κ1) is 16.5. The number of carbonyl (C=O) groups is 1. The molecular formula is C13H14Cl2FNO3S. The van der Waals surface area contributed by atoms with Crippen LogP contribution in [-0.2, 0) is 9.05 Å². The van der Waals surface area contributed by atoms with E-state index in [-0.39, 0.29) is 10.6 Å². The summed E-state index contributed by atoms with van der Waals surface area (Å²) in [5, 5.41) is -0.124. The van der Waals surface area contributed by atoms with Crippen LogP contribution in [0.15, 0.2) is 17.0 Å². The number of hydrogen-bond donors (Lipinski definition) is 0. The Hall–Kier alpha value is -0.850. The molecule has 21 heavy (non-hydrogen) atoms. The molecule has 1 atom stereocenters. The lowest BCUT2D eigenvalue weighted by atomic mass is 10.1. The molecule has 1 heterocycles. The SMILES string of the molecule is CCC1CCN(C(=O)c2cc(S(=O)(=O)Cl)c(F)cc2Cl)C1. The Morgan fingerprint density at radius 3 is 2.67 bits per heavy atom. The molecule has 4 nitrogen and oxygen atoms in total. The van der Waals surface area contributed by atoms with Crippen molar-refractivity contribution in [2.24, 2.45) is 5.92 Å². The molecule has 1 amide bonds. The van der Waals surface area contributed by atoms with Gasteiger partial charge in [-0.15, -0.1) is 0 Å². The lowest BCUT2D eigenvalue weighted by molar-refractivity contribution is 0.0786. The smallest absolute Gasteiger partial charge is 0.264 e. The number of halogens is 3. The third kappa shape index (κ3) is 3.49. The first-order valence-corrected chi connectivity index (χ1v) is 9.15. The van der Waals surface area contributed by atoms with E-state index in [1.807, 2.05) is 6.92 Å². The van der Waals surface area contributed by atoms with Gasteiger partial charge >= 0.3 is 0 Å². The third-order valence-electron chi connectivity index (χ3n) is 3.67. The highest BCUT2D eigenvalue weighted by atomic mass is 35.7. The van der Waals surface area contributed by atoms with Gasteiger partial charge in [0, 0.05) is 23.8 Å². The standard InChI is InChI=1S/C13H14Cl2FNO3S/c1-2-8-3-4-17(7-8)13(18)9-5-12(21(15,19)20)11(16)6-10(9)14/h5-6,8H,2-4,7H2,1H3. The summed E-state index contributed by atoms with van der Waals surface area (Å²) in [5.41, 5.74) is -0.0472. The molecule has 116 valence electrons. The number of hydrogen-bond acceptors (Lipinski definition) is 3. The Balaban J connectivity index is 2.38. The van der Waals surface area contributed by atoms with Crippen molar-refractivity contribution in [3.8, 4) is 0 Å². The molecule has 8 heteroatoms. The van der Waals surface area contributed by atoms with E-state index >= 15 is 0 Å². The molecule has 1 fully saturated rings. The Bertz CT molecular complexity index is 678. The van der Waals surface area contributed by atoms with Crippen LogP contribution in [0.2, 0.25) is 5.02 Å². The van der Waals surface area contributed by atoms with Gasteiger partial charge in [-0.25, -0.2) is 12.8 Å². The highest BCUT2D eigenvalue weighted by molar-refractivity contribution is 8.13. The fourth-order valence-corrected chi connectivity index (χ4v) is 3.54. The van der Waals surface area contributed by atoms with E-state index in [0.29, 0.717) is 19.0 Å². The normalized spacial score (nSPS) is 19.0. The summed E-state index contributed by atoms with van der Waals surface area (Å²) in [4.78, 5) is 13.3. The average Bonchev–Trinajstić information content (AvgIpc) is 2.85. The molecule has 0 bridgehead atoms. The van der Waals surface area contributed by atoms with Crippen molar-refractivity contribution in [3.05, 3.63) is 28.5 Å². The van der Waals surface area contributed by atoms with Crippen LogP contribution in [0.1, 0.15) is 30.1 Å². The highest BCUT2D eigenvalue weighted by Crippen LogP contribution is 2.29. The van der Waals surface area contributed by atoms with Gasteiger partial charge in [-0.05, 0) is 24.5 Å². The molecule has 0 saturated carbocycles. The molecule has 1 aliphatic rings. The summed E-state index contributed by atoms with van der Waals surface area (Å²) in [6.07, 6.45) is 1.85. The van der Waals surface area contributed by atoms with Gasteiger partial charge in [0.1, 0.15) is 10.7 Å². The molecule has 0 spiro atoms. The molecule has 1 aromatic carbocycles. The second kappa shape index (κ2) is 6.10. The van der Waals surface area contributed by atoms with Gasteiger partial charge in [0.2, 0.25) is 0 Å². The second-order valence-corrected chi connectivity index (χ2v) is 7.96. The zero-order valence-electron chi connectivity index (χ0n) is 11.3. The molecule has 0 N–H and O–H groups in total. The fraction of sp³-hybridized carbons (Fsp3) is 0.462. The minimum absolute atomic E-state index is 0.0472. The lowest BCUT2D eigenvalue weighted by Gasteiger charge is -2.17. The van der Waals surface area contributed by atoms with Crippen LogP contribution in [-0.4, -0.2) is 32.3 Å². The van der Waals surface area contributed by atoms with E-state index in [1.54, 1.807) is 4.90 Å². The molecule has 1 saturated heterocycles. The predicted octanol–water partition coefficient (Wildman–Crippen LogP) is 3.28. The summed E-state index contributed by atoms with van der Waals surface area (Å²) < 4.78 is 36.2. The van der Waals surface area contributed by atoms with Gasteiger partial charge in [0.25, 0.3) is 15.0 Å². The van der Waals surface area contributed by atoms with Gasteiger partial charge in [0.15, 0.2) is 0 Å². The Kier molecular flexibility index (Phi) is 4.80. The monoisotopic (exact) mass is 353 g/mol. The average molecular weight is 354 g/mol. The van der Waals surface area contributed by atoms with Crippen LogP contribution in [0.3, 0.4) is 0 Å². The number of amides is 1. The van der Waals surface area contributed by atoms with Crippen LogP contribution >= 0.6 is 22.3 Å².